The number of ether oxygens (including phenoxy) is 2. The Labute approximate surface area is 123 Å². The Bertz CT molecular complexity index is 504. The fourth-order valence-corrected chi connectivity index (χ4v) is 2.74. The van der Waals surface area contributed by atoms with Crippen LogP contribution in [0.2, 0.25) is 0 Å². The molecule has 0 radical (unpaired) electrons. The smallest absolute Gasteiger partial charge is 0.151 e. The molecular weight excluding hydrogens is 274 g/mol. The lowest BCUT2D eigenvalue weighted by atomic mass is 10.1. The number of aromatic nitrogens is 2. The normalized spacial score (nSPS) is 12.5. The highest BCUT2D eigenvalue weighted by Crippen LogP contribution is 2.27. The van der Waals surface area contributed by atoms with Crippen LogP contribution in [0.3, 0.4) is 0 Å². The van der Waals surface area contributed by atoms with Crippen molar-refractivity contribution in [3.63, 3.8) is 0 Å². The molecule has 0 aliphatic heterocycles. The molecule has 1 atom stereocenters. The lowest BCUT2D eigenvalue weighted by Gasteiger charge is -2.11. The number of hydrogen-bond acceptors (Lipinski definition) is 6. The minimum absolute atomic E-state index is 0.151. The third-order valence-electron chi connectivity index (χ3n) is 2.80. The SMILES string of the molecule is COCCNCc1nnc(C(OC)c2ccccc2)s1. The minimum Gasteiger partial charge on any atom is -0.383 e. The molecule has 0 aliphatic carbocycles. The van der Waals surface area contributed by atoms with E-state index in [4.69, 9.17) is 9.47 Å². The summed E-state index contributed by atoms with van der Waals surface area (Å²) in [6.45, 7) is 2.19. The molecule has 108 valence electrons. The van der Waals surface area contributed by atoms with Gasteiger partial charge in [-0.1, -0.05) is 41.7 Å². The summed E-state index contributed by atoms with van der Waals surface area (Å²) in [5, 5.41) is 13.5. The molecular formula is C14H19N3O2S. The van der Waals surface area contributed by atoms with E-state index in [1.807, 2.05) is 30.3 Å². The second kappa shape index (κ2) is 8.06. The first-order valence-electron chi connectivity index (χ1n) is 6.45. The molecule has 1 unspecified atom stereocenters. The van der Waals surface area contributed by atoms with Gasteiger partial charge in [0.1, 0.15) is 11.1 Å². The number of nitrogens with one attached hydrogen (secondary N) is 1. The fourth-order valence-electron chi connectivity index (χ4n) is 1.82. The molecule has 2 aromatic rings. The van der Waals surface area contributed by atoms with Gasteiger partial charge in [0, 0.05) is 27.3 Å². The Hall–Kier alpha value is -1.34. The van der Waals surface area contributed by atoms with Crippen molar-refractivity contribution in [2.75, 3.05) is 27.4 Å². The molecule has 0 saturated heterocycles. The highest BCUT2D eigenvalue weighted by molar-refractivity contribution is 7.11. The molecule has 0 fully saturated rings. The summed E-state index contributed by atoms with van der Waals surface area (Å²) in [7, 11) is 3.38. The Morgan fingerprint density at radius 3 is 2.70 bits per heavy atom. The second-order valence-corrected chi connectivity index (χ2v) is 5.32. The maximum atomic E-state index is 5.55. The Morgan fingerprint density at radius 1 is 1.20 bits per heavy atom. The van der Waals surface area contributed by atoms with Crippen LogP contribution in [0.1, 0.15) is 21.7 Å². The average Bonchev–Trinajstić information content (AvgIpc) is 2.94. The molecule has 1 aromatic heterocycles. The largest absolute Gasteiger partial charge is 0.383 e. The van der Waals surface area contributed by atoms with Crippen LogP contribution in [0.15, 0.2) is 30.3 Å². The van der Waals surface area contributed by atoms with E-state index in [1.165, 1.54) is 0 Å². The number of benzene rings is 1. The highest BCUT2D eigenvalue weighted by Gasteiger charge is 2.18. The molecule has 0 aliphatic rings. The van der Waals surface area contributed by atoms with Crippen molar-refractivity contribution in [1.82, 2.24) is 15.5 Å². The standard InChI is InChI=1S/C14H19N3O2S/c1-18-9-8-15-10-12-16-17-14(20-12)13(19-2)11-6-4-3-5-7-11/h3-7,13,15H,8-10H2,1-2H3. The van der Waals surface area contributed by atoms with E-state index >= 15 is 0 Å². The molecule has 0 bridgehead atoms. The Kier molecular flexibility index (Phi) is 6.07. The zero-order valence-corrected chi connectivity index (χ0v) is 12.5. The van der Waals surface area contributed by atoms with Crippen molar-refractivity contribution in [3.8, 4) is 0 Å². The van der Waals surface area contributed by atoms with E-state index in [0.717, 1.165) is 22.1 Å². The predicted octanol–water partition coefficient (Wildman–Crippen LogP) is 2.01. The van der Waals surface area contributed by atoms with Gasteiger partial charge >= 0.3 is 0 Å². The number of methoxy groups -OCH3 is 2. The van der Waals surface area contributed by atoms with Crippen LogP contribution >= 0.6 is 11.3 Å². The average molecular weight is 293 g/mol. The van der Waals surface area contributed by atoms with Gasteiger partial charge in [-0.25, -0.2) is 0 Å². The fraction of sp³-hybridized carbons (Fsp3) is 0.429. The zero-order valence-electron chi connectivity index (χ0n) is 11.7. The molecule has 0 amide bonds. The monoisotopic (exact) mass is 293 g/mol. The second-order valence-electron chi connectivity index (χ2n) is 4.23. The van der Waals surface area contributed by atoms with Gasteiger partial charge in [-0.3, -0.25) is 0 Å². The molecule has 6 heteroatoms. The molecule has 20 heavy (non-hydrogen) atoms. The summed E-state index contributed by atoms with van der Waals surface area (Å²) >= 11 is 1.57. The molecule has 1 N–H and O–H groups in total. The molecule has 2 rings (SSSR count). The quantitative estimate of drug-likeness (QED) is 0.755. The molecule has 0 spiro atoms. The van der Waals surface area contributed by atoms with Crippen LogP contribution in [-0.4, -0.2) is 37.6 Å². The van der Waals surface area contributed by atoms with Crippen molar-refractivity contribution < 1.29 is 9.47 Å². The summed E-state index contributed by atoms with van der Waals surface area (Å²) < 4.78 is 10.5. The van der Waals surface area contributed by atoms with Gasteiger partial charge in [-0.15, -0.1) is 10.2 Å². The maximum Gasteiger partial charge on any atom is 0.151 e. The van der Waals surface area contributed by atoms with Gasteiger partial charge in [0.05, 0.1) is 6.61 Å². The van der Waals surface area contributed by atoms with Gasteiger partial charge in [0.15, 0.2) is 5.01 Å². The summed E-state index contributed by atoms with van der Waals surface area (Å²) in [4.78, 5) is 0. The predicted molar refractivity (Wildman–Crippen MR) is 78.8 cm³/mol. The third-order valence-corrected chi connectivity index (χ3v) is 3.77. The first kappa shape index (κ1) is 15.1. The van der Waals surface area contributed by atoms with Crippen molar-refractivity contribution >= 4 is 11.3 Å². The molecule has 5 nitrogen and oxygen atoms in total. The third kappa shape index (κ3) is 4.08. The van der Waals surface area contributed by atoms with Crippen LogP contribution in [0, 0.1) is 0 Å². The van der Waals surface area contributed by atoms with E-state index in [9.17, 15) is 0 Å². The van der Waals surface area contributed by atoms with E-state index < -0.39 is 0 Å². The summed E-state index contributed by atoms with van der Waals surface area (Å²) in [6, 6.07) is 10.0. The lowest BCUT2D eigenvalue weighted by molar-refractivity contribution is 0.135. The van der Waals surface area contributed by atoms with Gasteiger partial charge < -0.3 is 14.8 Å². The van der Waals surface area contributed by atoms with Crippen LogP contribution in [0.4, 0.5) is 0 Å². The van der Waals surface area contributed by atoms with E-state index in [1.54, 1.807) is 25.6 Å². The summed E-state index contributed by atoms with van der Waals surface area (Å²) in [6.07, 6.45) is -0.151. The maximum absolute atomic E-state index is 5.55. The van der Waals surface area contributed by atoms with Gasteiger partial charge in [-0.05, 0) is 5.56 Å². The zero-order chi connectivity index (χ0) is 14.2. The number of hydrogen-bond donors (Lipinski definition) is 1. The van der Waals surface area contributed by atoms with Crippen molar-refractivity contribution in [1.29, 1.82) is 0 Å². The lowest BCUT2D eigenvalue weighted by Crippen LogP contribution is -2.18. The molecule has 0 saturated carbocycles. The summed E-state index contributed by atoms with van der Waals surface area (Å²) in [5.41, 5.74) is 1.09. The van der Waals surface area contributed by atoms with Crippen LogP contribution in [0.5, 0.6) is 0 Å². The van der Waals surface area contributed by atoms with Crippen LogP contribution in [-0.2, 0) is 16.0 Å². The highest BCUT2D eigenvalue weighted by atomic mass is 32.1. The van der Waals surface area contributed by atoms with Crippen molar-refractivity contribution in [3.05, 3.63) is 45.9 Å². The molecule has 1 heterocycles. The van der Waals surface area contributed by atoms with Crippen LogP contribution in [0.25, 0.3) is 0 Å². The van der Waals surface area contributed by atoms with E-state index in [2.05, 4.69) is 15.5 Å². The van der Waals surface area contributed by atoms with Gasteiger partial charge in [0.25, 0.3) is 0 Å². The Balaban J connectivity index is 1.99. The van der Waals surface area contributed by atoms with E-state index in [-0.39, 0.29) is 6.10 Å². The van der Waals surface area contributed by atoms with Crippen molar-refractivity contribution in [2.24, 2.45) is 0 Å². The first-order valence-corrected chi connectivity index (χ1v) is 7.26. The van der Waals surface area contributed by atoms with Crippen molar-refractivity contribution in [2.45, 2.75) is 12.6 Å². The minimum atomic E-state index is -0.151. The van der Waals surface area contributed by atoms with Gasteiger partial charge in [0.2, 0.25) is 0 Å². The van der Waals surface area contributed by atoms with Crippen LogP contribution < -0.4 is 5.32 Å². The Morgan fingerprint density at radius 2 is 2.00 bits per heavy atom. The van der Waals surface area contributed by atoms with Gasteiger partial charge in [-0.2, -0.15) is 0 Å². The number of rotatable bonds is 8. The molecule has 1 aromatic carbocycles. The first-order chi connectivity index (χ1) is 9.85. The number of nitrogens with zero attached hydrogens (tertiary/aromatic N) is 2. The topological polar surface area (TPSA) is 56.3 Å². The van der Waals surface area contributed by atoms with E-state index in [0.29, 0.717) is 13.2 Å². The summed E-state index contributed by atoms with van der Waals surface area (Å²) in [5.74, 6) is 0.